The average Bonchev–Trinajstić information content (AvgIpc) is 2.76. The Kier molecular flexibility index (Phi) is 4.67. The van der Waals surface area contributed by atoms with Gasteiger partial charge in [0.25, 0.3) is 0 Å². The first-order chi connectivity index (χ1) is 8.46. The van der Waals surface area contributed by atoms with E-state index < -0.39 is 9.84 Å². The largest absolute Gasteiger partial charge is 0.314 e. The third kappa shape index (κ3) is 3.93. The maximum absolute atomic E-state index is 11.3. The summed E-state index contributed by atoms with van der Waals surface area (Å²) in [7, 11) is -2.72. The highest BCUT2D eigenvalue weighted by atomic mass is 32.2. The van der Waals surface area contributed by atoms with Gasteiger partial charge in [0.15, 0.2) is 0 Å². The minimum absolute atomic E-state index is 0.369. The van der Waals surface area contributed by atoms with Crippen LogP contribution in [0.25, 0.3) is 0 Å². The van der Waals surface area contributed by atoms with Crippen molar-refractivity contribution in [3.05, 3.63) is 0 Å². The van der Waals surface area contributed by atoms with Crippen LogP contribution in [0.15, 0.2) is 0 Å². The van der Waals surface area contributed by atoms with Crippen molar-refractivity contribution >= 4 is 9.84 Å². The zero-order valence-electron chi connectivity index (χ0n) is 11.6. The Hall–Kier alpha value is -0.130. The molecule has 0 spiro atoms. The fourth-order valence-electron chi connectivity index (χ4n) is 2.93. The van der Waals surface area contributed by atoms with Crippen molar-refractivity contribution in [1.29, 1.82) is 0 Å². The minimum atomic E-state index is -2.72. The Morgan fingerprint density at radius 2 is 1.89 bits per heavy atom. The molecule has 2 aliphatic rings. The van der Waals surface area contributed by atoms with Crippen LogP contribution in [-0.2, 0) is 9.84 Å². The Bertz CT molecular complexity index is 353. The summed E-state index contributed by atoms with van der Waals surface area (Å²) in [5.74, 6) is 1.48. The summed E-state index contributed by atoms with van der Waals surface area (Å²) in [5, 5.41) is 3.57. The summed E-state index contributed by atoms with van der Waals surface area (Å²) in [6.07, 6.45) is 2.86. The highest BCUT2D eigenvalue weighted by Crippen LogP contribution is 2.19. The van der Waals surface area contributed by atoms with E-state index in [1.54, 1.807) is 0 Å². The summed E-state index contributed by atoms with van der Waals surface area (Å²) in [4.78, 5) is 2.53. The molecule has 2 saturated heterocycles. The van der Waals surface area contributed by atoms with Gasteiger partial charge in [0.1, 0.15) is 9.84 Å². The van der Waals surface area contributed by atoms with Gasteiger partial charge in [0.2, 0.25) is 0 Å². The molecule has 0 amide bonds. The van der Waals surface area contributed by atoms with Crippen LogP contribution in [0.3, 0.4) is 0 Å². The first-order valence-corrected chi connectivity index (χ1v) is 8.96. The van der Waals surface area contributed by atoms with Crippen LogP contribution in [-0.4, -0.2) is 56.5 Å². The number of hydrogen-bond acceptors (Lipinski definition) is 4. The maximum Gasteiger partial charge on any atom is 0.150 e. The summed E-state index contributed by atoms with van der Waals surface area (Å²) >= 11 is 0. The molecule has 0 aromatic rings. The Morgan fingerprint density at radius 1 is 1.22 bits per heavy atom. The summed E-state index contributed by atoms with van der Waals surface area (Å²) < 4.78 is 22.7. The molecule has 5 heteroatoms. The molecule has 1 atom stereocenters. The minimum Gasteiger partial charge on any atom is -0.314 e. The first-order valence-electron chi connectivity index (χ1n) is 7.14. The van der Waals surface area contributed by atoms with E-state index in [0.717, 1.165) is 25.3 Å². The topological polar surface area (TPSA) is 49.4 Å². The Labute approximate surface area is 111 Å². The lowest BCUT2D eigenvalue weighted by Gasteiger charge is -2.25. The molecular formula is C13H26N2O2S. The summed E-state index contributed by atoms with van der Waals surface area (Å²) in [6.45, 7) is 7.95. The van der Waals surface area contributed by atoms with Gasteiger partial charge in [-0.05, 0) is 52.1 Å². The molecule has 106 valence electrons. The van der Waals surface area contributed by atoms with Crippen molar-refractivity contribution in [2.45, 2.75) is 45.2 Å². The zero-order chi connectivity index (χ0) is 13.2. The molecule has 18 heavy (non-hydrogen) atoms. The fourth-order valence-corrected chi connectivity index (χ4v) is 4.42. The van der Waals surface area contributed by atoms with Crippen LogP contribution in [0.5, 0.6) is 0 Å². The second kappa shape index (κ2) is 5.88. The van der Waals surface area contributed by atoms with Crippen molar-refractivity contribution in [2.24, 2.45) is 5.92 Å². The first kappa shape index (κ1) is 14.3. The van der Waals surface area contributed by atoms with Gasteiger partial charge in [-0.25, -0.2) is 8.42 Å². The Balaban J connectivity index is 1.67. The molecule has 2 rings (SSSR count). The molecule has 0 radical (unpaired) electrons. The van der Waals surface area contributed by atoms with Crippen LogP contribution in [0.2, 0.25) is 0 Å². The molecule has 2 fully saturated rings. The second-order valence-electron chi connectivity index (χ2n) is 6.08. The zero-order valence-corrected chi connectivity index (χ0v) is 12.4. The molecule has 1 N–H and O–H groups in total. The van der Waals surface area contributed by atoms with Crippen LogP contribution < -0.4 is 5.32 Å². The van der Waals surface area contributed by atoms with Gasteiger partial charge in [-0.3, -0.25) is 0 Å². The lowest BCUT2D eigenvalue weighted by atomic mass is 10.1. The molecular weight excluding hydrogens is 248 g/mol. The van der Waals surface area contributed by atoms with Gasteiger partial charge in [0, 0.05) is 18.6 Å². The molecule has 0 aliphatic carbocycles. The molecule has 0 saturated carbocycles. The second-order valence-corrected chi connectivity index (χ2v) is 8.38. The standard InChI is InChI=1S/C13H26N2O2S/c1-11(2)15-6-3-12(10-15)9-14-13-4-7-18(16,17)8-5-13/h11-14H,3-10H2,1-2H3. The molecule has 4 nitrogen and oxygen atoms in total. The van der Waals surface area contributed by atoms with Crippen LogP contribution in [0.1, 0.15) is 33.1 Å². The van der Waals surface area contributed by atoms with Crippen LogP contribution in [0.4, 0.5) is 0 Å². The number of likely N-dealkylation sites (tertiary alicyclic amines) is 1. The lowest BCUT2D eigenvalue weighted by molar-refractivity contribution is 0.262. The molecule has 1 unspecified atom stereocenters. The van der Waals surface area contributed by atoms with Crippen molar-refractivity contribution < 1.29 is 8.42 Å². The van der Waals surface area contributed by atoms with Crippen molar-refractivity contribution in [3.8, 4) is 0 Å². The van der Waals surface area contributed by atoms with Gasteiger partial charge in [0.05, 0.1) is 11.5 Å². The van der Waals surface area contributed by atoms with E-state index >= 15 is 0 Å². The third-order valence-corrected chi connectivity index (χ3v) is 6.01. The van der Waals surface area contributed by atoms with E-state index in [0.29, 0.717) is 23.6 Å². The highest BCUT2D eigenvalue weighted by Gasteiger charge is 2.27. The molecule has 2 aliphatic heterocycles. The lowest BCUT2D eigenvalue weighted by Crippen LogP contribution is -2.40. The van der Waals surface area contributed by atoms with Crippen molar-refractivity contribution in [1.82, 2.24) is 10.2 Å². The smallest absolute Gasteiger partial charge is 0.150 e. The van der Waals surface area contributed by atoms with Gasteiger partial charge in [-0.1, -0.05) is 0 Å². The number of nitrogens with zero attached hydrogens (tertiary/aromatic N) is 1. The highest BCUT2D eigenvalue weighted by molar-refractivity contribution is 7.91. The number of hydrogen-bond donors (Lipinski definition) is 1. The van der Waals surface area contributed by atoms with Gasteiger partial charge < -0.3 is 10.2 Å². The van der Waals surface area contributed by atoms with E-state index in [2.05, 4.69) is 24.1 Å². The number of nitrogens with one attached hydrogen (secondary N) is 1. The van der Waals surface area contributed by atoms with Crippen molar-refractivity contribution in [2.75, 3.05) is 31.1 Å². The van der Waals surface area contributed by atoms with Gasteiger partial charge in [-0.2, -0.15) is 0 Å². The normalized spacial score (nSPS) is 30.1. The average molecular weight is 274 g/mol. The predicted octanol–water partition coefficient (Wildman–Crippen LogP) is 0.884. The Morgan fingerprint density at radius 3 is 2.44 bits per heavy atom. The SMILES string of the molecule is CC(C)N1CCC(CNC2CCS(=O)(=O)CC2)C1. The molecule has 0 aromatic heterocycles. The molecule has 0 bridgehead atoms. The van der Waals surface area contributed by atoms with Crippen LogP contribution in [0, 0.1) is 5.92 Å². The summed E-state index contributed by atoms with van der Waals surface area (Å²) in [5.41, 5.74) is 0. The van der Waals surface area contributed by atoms with Crippen molar-refractivity contribution in [3.63, 3.8) is 0 Å². The summed E-state index contributed by atoms with van der Waals surface area (Å²) in [6, 6.07) is 1.07. The monoisotopic (exact) mass is 274 g/mol. The van der Waals surface area contributed by atoms with Crippen LogP contribution >= 0.6 is 0 Å². The van der Waals surface area contributed by atoms with E-state index in [1.807, 2.05) is 0 Å². The van der Waals surface area contributed by atoms with E-state index in [-0.39, 0.29) is 0 Å². The molecule has 0 aromatic carbocycles. The quantitative estimate of drug-likeness (QED) is 0.827. The fraction of sp³-hybridized carbons (Fsp3) is 1.00. The predicted molar refractivity (Wildman–Crippen MR) is 74.5 cm³/mol. The van der Waals surface area contributed by atoms with E-state index in [9.17, 15) is 8.42 Å². The third-order valence-electron chi connectivity index (χ3n) is 4.30. The maximum atomic E-state index is 11.3. The van der Waals surface area contributed by atoms with E-state index in [4.69, 9.17) is 0 Å². The van der Waals surface area contributed by atoms with Gasteiger partial charge in [-0.15, -0.1) is 0 Å². The molecule has 2 heterocycles. The van der Waals surface area contributed by atoms with Gasteiger partial charge >= 0.3 is 0 Å². The van der Waals surface area contributed by atoms with E-state index in [1.165, 1.54) is 19.5 Å². The number of rotatable bonds is 4. The number of sulfone groups is 1.